The van der Waals surface area contributed by atoms with Crippen molar-refractivity contribution >= 4 is 5.91 Å². The van der Waals surface area contributed by atoms with E-state index in [0.717, 1.165) is 18.7 Å². The van der Waals surface area contributed by atoms with Crippen molar-refractivity contribution in [3.63, 3.8) is 0 Å². The van der Waals surface area contributed by atoms with Gasteiger partial charge in [0.15, 0.2) is 0 Å². The summed E-state index contributed by atoms with van der Waals surface area (Å²) in [6.07, 6.45) is 0. The molecule has 1 amide bonds. The molecule has 3 rings (SSSR count). The van der Waals surface area contributed by atoms with Crippen LogP contribution < -0.4 is 10.6 Å². The van der Waals surface area contributed by atoms with E-state index in [4.69, 9.17) is 0 Å². The van der Waals surface area contributed by atoms with E-state index < -0.39 is 0 Å². The summed E-state index contributed by atoms with van der Waals surface area (Å²) >= 11 is 0. The molecular weight excluding hydrogens is 284 g/mol. The van der Waals surface area contributed by atoms with Crippen LogP contribution in [0.25, 0.3) is 11.1 Å². The second kappa shape index (κ2) is 6.97. The lowest BCUT2D eigenvalue weighted by molar-refractivity contribution is -0.127. The van der Waals surface area contributed by atoms with E-state index >= 15 is 0 Å². The predicted octanol–water partition coefficient (Wildman–Crippen LogP) is 3.39. The summed E-state index contributed by atoms with van der Waals surface area (Å²) in [6.45, 7) is 5.97. The molecule has 2 N–H and O–H groups in total. The third-order valence-electron chi connectivity index (χ3n) is 4.81. The number of rotatable bonds is 5. The van der Waals surface area contributed by atoms with Gasteiger partial charge in [0.25, 0.3) is 0 Å². The van der Waals surface area contributed by atoms with Crippen LogP contribution in [0.2, 0.25) is 0 Å². The van der Waals surface area contributed by atoms with E-state index in [1.165, 1.54) is 11.1 Å². The summed E-state index contributed by atoms with van der Waals surface area (Å²) < 4.78 is 0. The van der Waals surface area contributed by atoms with E-state index in [-0.39, 0.29) is 17.9 Å². The van der Waals surface area contributed by atoms with Gasteiger partial charge in [-0.15, -0.1) is 0 Å². The monoisotopic (exact) mass is 308 g/mol. The normalized spacial score (nSPS) is 17.1. The van der Waals surface area contributed by atoms with Gasteiger partial charge >= 0.3 is 0 Å². The zero-order chi connectivity index (χ0) is 16.2. The van der Waals surface area contributed by atoms with E-state index in [1.807, 2.05) is 32.0 Å². The van der Waals surface area contributed by atoms with Crippen molar-refractivity contribution in [3.8, 4) is 11.1 Å². The first-order valence-corrected chi connectivity index (χ1v) is 8.31. The Bertz CT molecular complexity index is 647. The standard InChI is InChI=1S/C20H24N2O/c1-14(19-12-21-13-19)20(23)22-15(2)16-8-10-18(11-9-16)17-6-4-3-5-7-17/h3-11,14-15,19,21H,12-13H2,1-2H3,(H,22,23). The van der Waals surface area contributed by atoms with Gasteiger partial charge in [-0.2, -0.15) is 0 Å². The summed E-state index contributed by atoms with van der Waals surface area (Å²) in [5, 5.41) is 6.36. The van der Waals surface area contributed by atoms with E-state index in [2.05, 4.69) is 47.0 Å². The molecule has 1 saturated heterocycles. The zero-order valence-corrected chi connectivity index (χ0v) is 13.8. The lowest BCUT2D eigenvalue weighted by Crippen LogP contribution is -2.49. The first kappa shape index (κ1) is 15.8. The van der Waals surface area contributed by atoms with Crippen LogP contribution in [0.3, 0.4) is 0 Å². The maximum absolute atomic E-state index is 12.3. The fourth-order valence-corrected chi connectivity index (χ4v) is 2.90. The van der Waals surface area contributed by atoms with E-state index in [0.29, 0.717) is 5.92 Å². The highest BCUT2D eigenvalue weighted by Crippen LogP contribution is 2.23. The fraction of sp³-hybridized carbons (Fsp3) is 0.350. The minimum Gasteiger partial charge on any atom is -0.349 e. The average Bonchev–Trinajstić information content (AvgIpc) is 2.54. The van der Waals surface area contributed by atoms with Crippen molar-refractivity contribution in [2.75, 3.05) is 13.1 Å². The molecule has 2 atom stereocenters. The smallest absolute Gasteiger partial charge is 0.223 e. The highest BCUT2D eigenvalue weighted by Gasteiger charge is 2.29. The molecule has 0 radical (unpaired) electrons. The summed E-state index contributed by atoms with van der Waals surface area (Å²) in [7, 11) is 0. The Labute approximate surface area is 138 Å². The highest BCUT2D eigenvalue weighted by molar-refractivity contribution is 5.79. The average molecular weight is 308 g/mol. The number of carbonyl (C=O) groups excluding carboxylic acids is 1. The molecule has 3 heteroatoms. The van der Waals surface area contributed by atoms with Gasteiger partial charge in [-0.05, 0) is 42.6 Å². The molecule has 2 unspecified atom stereocenters. The summed E-state index contributed by atoms with van der Waals surface area (Å²) in [6, 6.07) is 18.8. The second-order valence-corrected chi connectivity index (χ2v) is 6.43. The van der Waals surface area contributed by atoms with Gasteiger partial charge in [0.1, 0.15) is 0 Å². The molecule has 0 bridgehead atoms. The van der Waals surface area contributed by atoms with Crippen LogP contribution in [0.4, 0.5) is 0 Å². The van der Waals surface area contributed by atoms with Crippen molar-refractivity contribution in [1.29, 1.82) is 0 Å². The Kier molecular flexibility index (Phi) is 4.77. The van der Waals surface area contributed by atoms with Crippen molar-refractivity contribution in [1.82, 2.24) is 10.6 Å². The highest BCUT2D eigenvalue weighted by atomic mass is 16.1. The first-order valence-electron chi connectivity index (χ1n) is 8.31. The van der Waals surface area contributed by atoms with E-state index in [9.17, 15) is 4.79 Å². The number of nitrogens with one attached hydrogen (secondary N) is 2. The lowest BCUT2D eigenvalue weighted by Gasteiger charge is -2.32. The van der Waals surface area contributed by atoms with Gasteiger partial charge in [-0.25, -0.2) is 0 Å². The summed E-state index contributed by atoms with van der Waals surface area (Å²) in [5.41, 5.74) is 3.54. The Balaban J connectivity index is 1.63. The second-order valence-electron chi connectivity index (χ2n) is 6.43. The van der Waals surface area contributed by atoms with E-state index in [1.54, 1.807) is 0 Å². The topological polar surface area (TPSA) is 41.1 Å². The first-order chi connectivity index (χ1) is 11.1. The number of hydrogen-bond donors (Lipinski definition) is 2. The van der Waals surface area contributed by atoms with Crippen LogP contribution in [-0.4, -0.2) is 19.0 Å². The minimum atomic E-state index is 0.0304. The maximum atomic E-state index is 12.3. The molecule has 1 fully saturated rings. The van der Waals surface area contributed by atoms with Gasteiger partial charge in [0.2, 0.25) is 5.91 Å². The Hall–Kier alpha value is -2.13. The molecule has 120 valence electrons. The van der Waals surface area contributed by atoms with Crippen LogP contribution in [0.1, 0.15) is 25.5 Å². The molecule has 0 spiro atoms. The predicted molar refractivity (Wildman–Crippen MR) is 94.0 cm³/mol. The SMILES string of the molecule is CC(NC(=O)C(C)C1CNC1)c1ccc(-c2ccccc2)cc1. The Morgan fingerprint density at radius 1 is 1.00 bits per heavy atom. The van der Waals surface area contributed by atoms with Crippen LogP contribution >= 0.6 is 0 Å². The Morgan fingerprint density at radius 2 is 1.61 bits per heavy atom. The molecule has 1 aliphatic rings. The molecule has 1 aliphatic heterocycles. The molecule has 3 nitrogen and oxygen atoms in total. The van der Waals surface area contributed by atoms with Crippen molar-refractivity contribution in [2.45, 2.75) is 19.9 Å². The number of amides is 1. The molecule has 0 saturated carbocycles. The molecule has 1 heterocycles. The fourth-order valence-electron chi connectivity index (χ4n) is 2.90. The number of benzene rings is 2. The van der Waals surface area contributed by atoms with Gasteiger partial charge in [0.05, 0.1) is 6.04 Å². The lowest BCUT2D eigenvalue weighted by atomic mass is 9.88. The third-order valence-corrected chi connectivity index (χ3v) is 4.81. The molecule has 0 aromatic heterocycles. The zero-order valence-electron chi connectivity index (χ0n) is 13.8. The van der Waals surface area contributed by atoms with Crippen LogP contribution in [0.5, 0.6) is 0 Å². The molecule has 2 aromatic carbocycles. The van der Waals surface area contributed by atoms with Gasteiger partial charge in [-0.3, -0.25) is 4.79 Å². The molecular formula is C20H24N2O. The molecule has 23 heavy (non-hydrogen) atoms. The van der Waals surface area contributed by atoms with Crippen LogP contribution in [0, 0.1) is 11.8 Å². The Morgan fingerprint density at radius 3 is 2.17 bits per heavy atom. The summed E-state index contributed by atoms with van der Waals surface area (Å²) in [4.78, 5) is 12.3. The van der Waals surface area contributed by atoms with Crippen molar-refractivity contribution in [2.24, 2.45) is 11.8 Å². The summed E-state index contributed by atoms with van der Waals surface area (Å²) in [5.74, 6) is 0.695. The number of carbonyl (C=O) groups is 1. The van der Waals surface area contributed by atoms with Crippen LogP contribution in [-0.2, 0) is 4.79 Å². The largest absolute Gasteiger partial charge is 0.349 e. The minimum absolute atomic E-state index is 0.0304. The van der Waals surface area contributed by atoms with Gasteiger partial charge < -0.3 is 10.6 Å². The van der Waals surface area contributed by atoms with Crippen molar-refractivity contribution < 1.29 is 4.79 Å². The van der Waals surface area contributed by atoms with Gasteiger partial charge in [0, 0.05) is 5.92 Å². The quantitative estimate of drug-likeness (QED) is 0.889. The third kappa shape index (κ3) is 3.62. The van der Waals surface area contributed by atoms with Crippen LogP contribution in [0.15, 0.2) is 54.6 Å². The van der Waals surface area contributed by atoms with Crippen molar-refractivity contribution in [3.05, 3.63) is 60.2 Å². The van der Waals surface area contributed by atoms with Gasteiger partial charge in [-0.1, -0.05) is 61.5 Å². The molecule has 0 aliphatic carbocycles. The maximum Gasteiger partial charge on any atom is 0.223 e. The molecule has 2 aromatic rings. The number of hydrogen-bond acceptors (Lipinski definition) is 2.